The average Bonchev–Trinajstić information content (AvgIpc) is 2.61. The van der Waals surface area contributed by atoms with E-state index in [1.807, 2.05) is 0 Å². The fraction of sp³-hybridized carbons (Fsp3) is 0.235. The number of nitrogens with one attached hydrogen (secondary N) is 1. The largest absolute Gasteiger partial charge is 0.489 e. The molecule has 0 amide bonds. The second kappa shape index (κ2) is 8.26. The molecule has 0 bridgehead atoms. The van der Waals surface area contributed by atoms with Crippen molar-refractivity contribution in [2.24, 2.45) is 5.10 Å². The van der Waals surface area contributed by atoms with Crippen LogP contribution in [0.15, 0.2) is 53.6 Å². The van der Waals surface area contributed by atoms with E-state index in [-0.39, 0.29) is 12.2 Å². The topological polar surface area (TPSA) is 33.6 Å². The Balaban J connectivity index is 1.93. The molecule has 2 aromatic carbocycles. The highest BCUT2D eigenvalue weighted by Gasteiger charge is 2.73. The van der Waals surface area contributed by atoms with Crippen molar-refractivity contribution in [1.82, 2.24) is 5.43 Å². The molecule has 0 heterocycles. The van der Waals surface area contributed by atoms with Crippen LogP contribution in [0.1, 0.15) is 11.1 Å². The van der Waals surface area contributed by atoms with Crippen LogP contribution in [-0.2, 0) is 6.61 Å². The van der Waals surface area contributed by atoms with Crippen LogP contribution in [0.2, 0.25) is 5.02 Å². The van der Waals surface area contributed by atoms with Gasteiger partial charge in [0.2, 0.25) is 0 Å². The summed E-state index contributed by atoms with van der Waals surface area (Å²) in [5, 5.41) is 3.34. The van der Waals surface area contributed by atoms with Crippen LogP contribution >= 0.6 is 11.6 Å². The highest BCUT2D eigenvalue weighted by atomic mass is 35.5. The highest BCUT2D eigenvalue weighted by molar-refractivity contribution is 6.30. The number of ether oxygens (including phenoxy) is 1. The lowest BCUT2D eigenvalue weighted by Gasteiger charge is -2.27. The van der Waals surface area contributed by atoms with Crippen LogP contribution in [0.3, 0.4) is 0 Å². The third-order valence-corrected chi connectivity index (χ3v) is 3.62. The van der Waals surface area contributed by atoms with Gasteiger partial charge in [0.05, 0.1) is 6.21 Å². The van der Waals surface area contributed by atoms with Crippen molar-refractivity contribution in [2.75, 3.05) is 0 Å². The van der Waals surface area contributed by atoms with Gasteiger partial charge in [-0.2, -0.15) is 35.8 Å². The summed E-state index contributed by atoms with van der Waals surface area (Å²) in [7, 11) is 0. The van der Waals surface area contributed by atoms with Gasteiger partial charge in [0.25, 0.3) is 0 Å². The molecule has 0 aliphatic carbocycles. The van der Waals surface area contributed by atoms with Crippen molar-refractivity contribution >= 4 is 17.8 Å². The Morgan fingerprint density at radius 3 is 2.00 bits per heavy atom. The number of hydrogen-bond acceptors (Lipinski definition) is 3. The smallest absolute Gasteiger partial charge is 0.462 e. The summed E-state index contributed by atoms with van der Waals surface area (Å²) >= 11 is 5.76. The van der Waals surface area contributed by atoms with Gasteiger partial charge in [0.1, 0.15) is 12.4 Å². The molecule has 3 nitrogen and oxygen atoms in total. The summed E-state index contributed by atoms with van der Waals surface area (Å²) in [5.74, 6) is -5.87. The number of benzene rings is 2. The van der Waals surface area contributed by atoms with E-state index in [9.17, 15) is 30.7 Å². The first-order chi connectivity index (χ1) is 12.9. The number of alkyl halides is 7. The zero-order valence-electron chi connectivity index (χ0n) is 13.8. The van der Waals surface area contributed by atoms with Gasteiger partial charge in [-0.25, -0.2) is 5.43 Å². The Kier molecular flexibility index (Phi) is 6.43. The maximum atomic E-state index is 13.0. The average molecular weight is 429 g/mol. The van der Waals surface area contributed by atoms with E-state index in [2.05, 4.69) is 5.10 Å². The Bertz CT molecular complexity index is 806. The Hall–Kier alpha value is -2.49. The molecule has 0 saturated carbocycles. The second-order valence-electron chi connectivity index (χ2n) is 5.50. The molecule has 0 radical (unpaired) electrons. The fourth-order valence-corrected chi connectivity index (χ4v) is 1.96. The van der Waals surface area contributed by atoms with Crippen LogP contribution in [0.4, 0.5) is 30.7 Å². The van der Waals surface area contributed by atoms with Crippen molar-refractivity contribution in [3.63, 3.8) is 0 Å². The van der Waals surface area contributed by atoms with Crippen molar-refractivity contribution in [3.8, 4) is 5.75 Å². The Labute approximate surface area is 159 Å². The molecule has 0 spiro atoms. The maximum absolute atomic E-state index is 13.0. The first-order valence-electron chi connectivity index (χ1n) is 7.52. The molecule has 11 heteroatoms. The molecule has 0 unspecified atom stereocenters. The zero-order chi connectivity index (χ0) is 21.0. The van der Waals surface area contributed by atoms with Crippen molar-refractivity contribution < 1.29 is 35.5 Å². The number of rotatable bonds is 7. The minimum absolute atomic E-state index is 0.164. The molecule has 0 atom stereocenters. The van der Waals surface area contributed by atoms with Crippen LogP contribution in [0.25, 0.3) is 0 Å². The predicted molar refractivity (Wildman–Crippen MR) is 88.9 cm³/mol. The van der Waals surface area contributed by atoms with Gasteiger partial charge in [-0.1, -0.05) is 23.7 Å². The van der Waals surface area contributed by atoms with Gasteiger partial charge < -0.3 is 4.74 Å². The lowest BCUT2D eigenvalue weighted by atomic mass is 10.2. The lowest BCUT2D eigenvalue weighted by Crippen LogP contribution is -2.58. The van der Waals surface area contributed by atoms with Crippen LogP contribution in [-0.4, -0.2) is 24.4 Å². The van der Waals surface area contributed by atoms with Crippen molar-refractivity contribution in [3.05, 3.63) is 64.7 Å². The van der Waals surface area contributed by atoms with Gasteiger partial charge >= 0.3 is 18.1 Å². The predicted octanol–water partition coefficient (Wildman–Crippen LogP) is 5.63. The molecule has 152 valence electrons. The molecular weight excluding hydrogens is 417 g/mol. The van der Waals surface area contributed by atoms with Crippen LogP contribution < -0.4 is 10.2 Å². The third-order valence-electron chi connectivity index (χ3n) is 3.37. The molecule has 1 N–H and O–H groups in total. The molecular formula is C17H12ClF7N2O. The van der Waals surface area contributed by atoms with Crippen LogP contribution in [0.5, 0.6) is 5.75 Å². The monoisotopic (exact) mass is 428 g/mol. The van der Waals surface area contributed by atoms with Gasteiger partial charge in [-0.15, -0.1) is 0 Å². The standard InChI is InChI=1S/C17H12ClF7N2O/c18-13-5-1-12(2-6-13)10-28-14-7-3-11(4-8-14)9-26-27-17(24,25)15(19,20)16(21,22)23/h1-9,27H,10H2/b26-9+. The number of hydrazone groups is 1. The maximum Gasteiger partial charge on any atom is 0.462 e. The first kappa shape index (κ1) is 21.8. The van der Waals surface area contributed by atoms with E-state index in [0.717, 1.165) is 5.56 Å². The zero-order valence-corrected chi connectivity index (χ0v) is 14.5. The third kappa shape index (κ3) is 5.28. The molecule has 0 aliphatic rings. The summed E-state index contributed by atoms with van der Waals surface area (Å²) in [5.41, 5.74) is 1.55. The summed E-state index contributed by atoms with van der Waals surface area (Å²) in [6, 6.07) is 6.86. The Morgan fingerprint density at radius 1 is 0.893 bits per heavy atom. The summed E-state index contributed by atoms with van der Waals surface area (Å²) in [6.07, 6.45) is -5.76. The van der Waals surface area contributed by atoms with E-state index >= 15 is 0 Å². The highest BCUT2D eigenvalue weighted by Crippen LogP contribution is 2.44. The molecule has 0 fully saturated rings. The van der Waals surface area contributed by atoms with Gasteiger partial charge in [0.15, 0.2) is 0 Å². The van der Waals surface area contributed by atoms with E-state index in [1.54, 1.807) is 24.3 Å². The van der Waals surface area contributed by atoms with Gasteiger partial charge in [0, 0.05) is 5.02 Å². The fourth-order valence-electron chi connectivity index (χ4n) is 1.83. The minimum Gasteiger partial charge on any atom is -0.489 e. The molecule has 0 aliphatic heterocycles. The molecule has 28 heavy (non-hydrogen) atoms. The quantitative estimate of drug-likeness (QED) is 0.268. The van der Waals surface area contributed by atoms with E-state index < -0.39 is 18.1 Å². The number of nitrogens with zero attached hydrogens (tertiary/aromatic N) is 1. The molecule has 0 saturated heterocycles. The Morgan fingerprint density at radius 2 is 1.46 bits per heavy atom. The summed E-state index contributed by atoms with van der Waals surface area (Å²) in [6.45, 7) is 0.227. The number of hydrogen-bond donors (Lipinski definition) is 1. The minimum atomic E-state index is -6.43. The van der Waals surface area contributed by atoms with Crippen molar-refractivity contribution in [2.45, 2.75) is 24.8 Å². The molecule has 2 aromatic rings. The summed E-state index contributed by atoms with van der Waals surface area (Å²) in [4.78, 5) is 0. The number of halogens is 8. The molecule has 2 rings (SSSR count). The second-order valence-corrected chi connectivity index (χ2v) is 5.94. The van der Waals surface area contributed by atoms with Gasteiger partial charge in [-0.3, -0.25) is 0 Å². The molecule has 0 aromatic heterocycles. The van der Waals surface area contributed by atoms with E-state index in [0.29, 0.717) is 22.4 Å². The van der Waals surface area contributed by atoms with E-state index in [1.165, 1.54) is 24.3 Å². The normalized spacial score (nSPS) is 13.0. The summed E-state index contributed by atoms with van der Waals surface area (Å²) < 4.78 is 92.9. The first-order valence-corrected chi connectivity index (χ1v) is 7.90. The lowest BCUT2D eigenvalue weighted by molar-refractivity contribution is -0.361. The van der Waals surface area contributed by atoms with E-state index in [4.69, 9.17) is 16.3 Å². The van der Waals surface area contributed by atoms with Gasteiger partial charge in [-0.05, 0) is 47.5 Å². The van der Waals surface area contributed by atoms with Crippen molar-refractivity contribution in [1.29, 1.82) is 0 Å². The SMILES string of the molecule is FC(F)(F)C(F)(F)C(F)(F)N/N=C/c1ccc(OCc2ccc(Cl)cc2)cc1. The van der Waals surface area contributed by atoms with Crippen LogP contribution in [0, 0.1) is 0 Å².